The van der Waals surface area contributed by atoms with E-state index in [9.17, 15) is 10.1 Å². The molecule has 0 saturated heterocycles. The van der Waals surface area contributed by atoms with Crippen molar-refractivity contribution in [1.82, 2.24) is 15.0 Å². The van der Waals surface area contributed by atoms with Crippen molar-refractivity contribution in [3.05, 3.63) is 79.1 Å². The monoisotopic (exact) mass is 426 g/mol. The van der Waals surface area contributed by atoms with E-state index >= 15 is 0 Å². The summed E-state index contributed by atoms with van der Waals surface area (Å²) in [6.45, 7) is 0. The van der Waals surface area contributed by atoms with E-state index < -0.39 is 4.92 Å². The molecule has 4 aromatic rings. The maximum atomic E-state index is 10.9. The van der Waals surface area contributed by atoms with Gasteiger partial charge in [0.1, 0.15) is 10.3 Å². The number of aromatic nitrogens is 3. The highest BCUT2D eigenvalue weighted by Gasteiger charge is 2.13. The van der Waals surface area contributed by atoms with Gasteiger partial charge in [0.2, 0.25) is 0 Å². The van der Waals surface area contributed by atoms with Crippen LogP contribution in [0.4, 0.5) is 5.69 Å². The molecule has 0 amide bonds. The van der Waals surface area contributed by atoms with E-state index in [1.165, 1.54) is 12.1 Å². The summed E-state index contributed by atoms with van der Waals surface area (Å²) < 4.78 is 0.847. The summed E-state index contributed by atoms with van der Waals surface area (Å²) >= 11 is 16.7. The van der Waals surface area contributed by atoms with Gasteiger partial charge in [-0.3, -0.25) is 10.1 Å². The van der Waals surface area contributed by atoms with Crippen molar-refractivity contribution in [3.8, 4) is 22.4 Å². The molecule has 0 spiro atoms. The number of H-pyrrole nitrogens is 2. The second-order valence-corrected chi connectivity index (χ2v) is 7.25. The SMILES string of the molecule is O=[N+]([O-])c1ccc(-c2cc(-c3ccc(Cl)cc3)c3c(=S)[nH]c(=S)[nH]c3n2)cc1. The topological polar surface area (TPSA) is 87.6 Å². The third-order valence-corrected chi connectivity index (χ3v) is 5.00. The molecule has 0 aliphatic rings. The minimum absolute atomic E-state index is 0.0179. The van der Waals surface area contributed by atoms with E-state index in [1.807, 2.05) is 18.2 Å². The van der Waals surface area contributed by atoms with Gasteiger partial charge >= 0.3 is 0 Å². The first-order valence-corrected chi connectivity index (χ1v) is 9.30. The third kappa shape index (κ3) is 3.45. The molecule has 9 heteroatoms. The zero-order valence-electron chi connectivity index (χ0n) is 14.1. The smallest absolute Gasteiger partial charge is 0.269 e. The number of halogens is 1. The van der Waals surface area contributed by atoms with E-state index in [0.29, 0.717) is 25.8 Å². The van der Waals surface area contributed by atoms with Crippen LogP contribution in [0.2, 0.25) is 5.02 Å². The maximum Gasteiger partial charge on any atom is 0.269 e. The quantitative estimate of drug-likeness (QED) is 0.230. The molecule has 0 saturated carbocycles. The first-order valence-electron chi connectivity index (χ1n) is 8.10. The summed E-state index contributed by atoms with van der Waals surface area (Å²) in [5.74, 6) is 0. The average molecular weight is 427 g/mol. The summed E-state index contributed by atoms with van der Waals surface area (Å²) in [6, 6.07) is 15.5. The molecule has 4 rings (SSSR count). The molecule has 0 aliphatic heterocycles. The van der Waals surface area contributed by atoms with Crippen molar-refractivity contribution in [2.24, 2.45) is 0 Å². The van der Waals surface area contributed by atoms with Crippen LogP contribution in [0, 0.1) is 19.5 Å². The minimum atomic E-state index is -0.437. The van der Waals surface area contributed by atoms with Gasteiger partial charge in [-0.2, -0.15) is 0 Å². The summed E-state index contributed by atoms with van der Waals surface area (Å²) in [5, 5.41) is 12.3. The molecule has 28 heavy (non-hydrogen) atoms. The molecule has 2 aromatic heterocycles. The molecule has 138 valence electrons. The standard InChI is InChI=1S/C19H11ClN4O2S2/c20-12-5-1-10(2-6-12)14-9-15(11-3-7-13(8-4-11)24(25)26)21-17-16(14)18(27)23-19(28)22-17/h1-9H,(H2,21,22,23,27,28). The third-order valence-electron chi connectivity index (χ3n) is 4.23. The van der Waals surface area contributed by atoms with Gasteiger partial charge in [0.05, 0.1) is 16.0 Å². The van der Waals surface area contributed by atoms with Gasteiger partial charge in [0.15, 0.2) is 4.77 Å². The van der Waals surface area contributed by atoms with Gasteiger partial charge < -0.3 is 9.97 Å². The van der Waals surface area contributed by atoms with Crippen LogP contribution in [0.25, 0.3) is 33.4 Å². The Labute approximate surface area is 174 Å². The van der Waals surface area contributed by atoms with Gasteiger partial charge in [-0.1, -0.05) is 36.0 Å². The summed E-state index contributed by atoms with van der Waals surface area (Å²) in [6.07, 6.45) is 0. The zero-order chi connectivity index (χ0) is 19.8. The van der Waals surface area contributed by atoms with E-state index in [2.05, 4.69) is 15.0 Å². The number of nitro groups is 1. The molecular formula is C19H11ClN4O2S2. The summed E-state index contributed by atoms with van der Waals surface area (Å²) in [5.41, 5.74) is 3.69. The number of aromatic amines is 2. The molecule has 2 aromatic carbocycles. The predicted molar refractivity (Wildman–Crippen MR) is 115 cm³/mol. The second kappa shape index (κ2) is 7.23. The lowest BCUT2D eigenvalue weighted by atomic mass is 10.0. The molecule has 0 atom stereocenters. The Bertz CT molecular complexity index is 1330. The maximum absolute atomic E-state index is 10.9. The Morgan fingerprint density at radius 2 is 1.61 bits per heavy atom. The van der Waals surface area contributed by atoms with Crippen molar-refractivity contribution in [2.75, 3.05) is 0 Å². The molecule has 2 heterocycles. The number of nitrogens with zero attached hydrogens (tertiary/aromatic N) is 2. The van der Waals surface area contributed by atoms with Crippen molar-refractivity contribution in [1.29, 1.82) is 0 Å². The predicted octanol–water partition coefficient (Wildman–Crippen LogP) is 6.25. The lowest BCUT2D eigenvalue weighted by Crippen LogP contribution is -1.95. The first kappa shape index (κ1) is 18.4. The van der Waals surface area contributed by atoms with Crippen LogP contribution in [0.5, 0.6) is 0 Å². The highest BCUT2D eigenvalue weighted by atomic mass is 35.5. The number of nitrogens with one attached hydrogen (secondary N) is 2. The first-order chi connectivity index (χ1) is 13.4. The van der Waals surface area contributed by atoms with Gasteiger partial charge in [-0.05, 0) is 53.7 Å². The Hall–Kier alpha value is -2.94. The Balaban J connectivity index is 2.01. The van der Waals surface area contributed by atoms with Gasteiger partial charge in [0, 0.05) is 22.7 Å². The van der Waals surface area contributed by atoms with Crippen molar-refractivity contribution < 1.29 is 4.92 Å². The van der Waals surface area contributed by atoms with Crippen LogP contribution in [0.15, 0.2) is 54.6 Å². The van der Waals surface area contributed by atoms with Gasteiger partial charge in [0.25, 0.3) is 5.69 Å². The van der Waals surface area contributed by atoms with Gasteiger partial charge in [-0.15, -0.1) is 0 Å². The molecule has 0 radical (unpaired) electrons. The normalized spacial score (nSPS) is 10.9. The zero-order valence-corrected chi connectivity index (χ0v) is 16.5. The second-order valence-electron chi connectivity index (χ2n) is 6.00. The molecular weight excluding hydrogens is 416 g/mol. The number of non-ortho nitro benzene ring substituents is 1. The Morgan fingerprint density at radius 1 is 0.964 bits per heavy atom. The molecule has 0 aliphatic carbocycles. The number of hydrogen-bond donors (Lipinski definition) is 2. The lowest BCUT2D eigenvalue weighted by molar-refractivity contribution is -0.384. The fourth-order valence-corrected chi connectivity index (χ4v) is 3.63. The summed E-state index contributed by atoms with van der Waals surface area (Å²) in [4.78, 5) is 21.1. The van der Waals surface area contributed by atoms with E-state index in [1.54, 1.807) is 24.3 Å². The number of pyridine rings is 1. The lowest BCUT2D eigenvalue weighted by Gasteiger charge is -2.10. The van der Waals surface area contributed by atoms with Crippen LogP contribution in [0.1, 0.15) is 0 Å². The number of hydrogen-bond acceptors (Lipinski definition) is 5. The minimum Gasteiger partial charge on any atom is -0.323 e. The van der Waals surface area contributed by atoms with Crippen LogP contribution >= 0.6 is 36.0 Å². The van der Waals surface area contributed by atoms with Crippen LogP contribution in [-0.2, 0) is 0 Å². The van der Waals surface area contributed by atoms with Crippen molar-refractivity contribution in [3.63, 3.8) is 0 Å². The summed E-state index contributed by atoms with van der Waals surface area (Å²) in [7, 11) is 0. The molecule has 6 nitrogen and oxygen atoms in total. The van der Waals surface area contributed by atoms with E-state index in [4.69, 9.17) is 36.0 Å². The molecule has 0 unspecified atom stereocenters. The molecule has 0 bridgehead atoms. The Kier molecular flexibility index (Phi) is 4.76. The Morgan fingerprint density at radius 3 is 2.25 bits per heavy atom. The highest BCUT2D eigenvalue weighted by Crippen LogP contribution is 2.32. The molecule has 0 fully saturated rings. The number of nitro benzene ring substituents is 1. The van der Waals surface area contributed by atoms with Crippen LogP contribution < -0.4 is 0 Å². The fourth-order valence-electron chi connectivity index (χ4n) is 2.93. The number of fused-ring (bicyclic) bond motifs is 1. The van der Waals surface area contributed by atoms with E-state index in [-0.39, 0.29) is 5.69 Å². The highest BCUT2D eigenvalue weighted by molar-refractivity contribution is 7.72. The molecule has 2 N–H and O–H groups in total. The van der Waals surface area contributed by atoms with Crippen molar-refractivity contribution in [2.45, 2.75) is 0 Å². The van der Waals surface area contributed by atoms with Crippen molar-refractivity contribution >= 4 is 52.8 Å². The van der Waals surface area contributed by atoms with E-state index in [0.717, 1.165) is 22.1 Å². The van der Waals surface area contributed by atoms with Crippen LogP contribution in [0.3, 0.4) is 0 Å². The number of rotatable bonds is 3. The fraction of sp³-hybridized carbons (Fsp3) is 0. The average Bonchev–Trinajstić information content (AvgIpc) is 2.67. The van der Waals surface area contributed by atoms with Gasteiger partial charge in [-0.25, -0.2) is 4.98 Å². The largest absolute Gasteiger partial charge is 0.323 e. The van der Waals surface area contributed by atoms with Crippen LogP contribution in [-0.4, -0.2) is 19.9 Å². The number of benzene rings is 2.